The second-order valence-corrected chi connectivity index (χ2v) is 4.33. The molecule has 0 aromatic heterocycles. The van der Waals surface area contributed by atoms with Crippen molar-refractivity contribution in [2.75, 3.05) is 0 Å². The Hall–Kier alpha value is -0.530. The third kappa shape index (κ3) is 9.77. The molecule has 0 aliphatic rings. The molecule has 0 aromatic carbocycles. The van der Waals surface area contributed by atoms with Crippen LogP contribution in [-0.2, 0) is 4.79 Å². The second kappa shape index (κ2) is 11.5. The van der Waals surface area contributed by atoms with E-state index < -0.39 is 0 Å². The molecule has 0 saturated heterocycles. The van der Waals surface area contributed by atoms with E-state index in [1.54, 1.807) is 0 Å². The maximum Gasteiger partial charge on any atom is 0.207 e. The van der Waals surface area contributed by atoms with Crippen LogP contribution in [0.2, 0.25) is 0 Å². The molecule has 0 aliphatic carbocycles. The highest BCUT2D eigenvalue weighted by Crippen LogP contribution is 2.11. The molecular formula is C13H27NO. The molecule has 1 atom stereocenters. The fourth-order valence-corrected chi connectivity index (χ4v) is 1.87. The fourth-order valence-electron chi connectivity index (χ4n) is 1.87. The van der Waals surface area contributed by atoms with Crippen LogP contribution in [0.5, 0.6) is 0 Å². The Bertz CT molecular complexity index is 136. The van der Waals surface area contributed by atoms with Crippen molar-refractivity contribution in [2.45, 2.75) is 77.7 Å². The maximum atomic E-state index is 10.4. The van der Waals surface area contributed by atoms with Gasteiger partial charge in [-0.3, -0.25) is 4.79 Å². The summed E-state index contributed by atoms with van der Waals surface area (Å²) in [5.41, 5.74) is 0. The average Bonchev–Trinajstić information content (AvgIpc) is 2.24. The van der Waals surface area contributed by atoms with Gasteiger partial charge < -0.3 is 5.32 Å². The molecule has 0 bridgehead atoms. The van der Waals surface area contributed by atoms with Crippen LogP contribution in [0, 0.1) is 0 Å². The molecule has 0 aromatic rings. The van der Waals surface area contributed by atoms with E-state index in [1.165, 1.54) is 44.9 Å². The normalized spacial score (nSPS) is 12.4. The lowest BCUT2D eigenvalue weighted by Gasteiger charge is -2.15. The van der Waals surface area contributed by atoms with Gasteiger partial charge in [0.1, 0.15) is 0 Å². The molecule has 0 rings (SSSR count). The van der Waals surface area contributed by atoms with E-state index in [-0.39, 0.29) is 0 Å². The SMILES string of the molecule is CCCCCCC(CCCCC)NC=O. The third-order valence-electron chi connectivity index (χ3n) is 2.87. The molecule has 1 unspecified atom stereocenters. The summed E-state index contributed by atoms with van der Waals surface area (Å²) in [6.07, 6.45) is 12.1. The second-order valence-electron chi connectivity index (χ2n) is 4.33. The van der Waals surface area contributed by atoms with Gasteiger partial charge in [0.05, 0.1) is 0 Å². The Morgan fingerprint density at radius 1 is 0.933 bits per heavy atom. The first kappa shape index (κ1) is 14.5. The van der Waals surface area contributed by atoms with Crippen molar-refractivity contribution < 1.29 is 4.79 Å². The number of hydrogen-bond acceptors (Lipinski definition) is 1. The van der Waals surface area contributed by atoms with Gasteiger partial charge in [-0.2, -0.15) is 0 Å². The highest BCUT2D eigenvalue weighted by molar-refractivity contribution is 5.46. The number of hydrogen-bond donors (Lipinski definition) is 1. The van der Waals surface area contributed by atoms with Crippen LogP contribution in [0.3, 0.4) is 0 Å². The Kier molecular flexibility index (Phi) is 11.1. The van der Waals surface area contributed by atoms with Gasteiger partial charge >= 0.3 is 0 Å². The maximum absolute atomic E-state index is 10.4. The van der Waals surface area contributed by atoms with Crippen molar-refractivity contribution >= 4 is 6.41 Å². The smallest absolute Gasteiger partial charge is 0.207 e. The molecular weight excluding hydrogens is 186 g/mol. The number of amides is 1. The van der Waals surface area contributed by atoms with E-state index in [0.717, 1.165) is 19.3 Å². The zero-order chi connectivity index (χ0) is 11.4. The lowest BCUT2D eigenvalue weighted by molar-refractivity contribution is -0.110. The van der Waals surface area contributed by atoms with Gasteiger partial charge in [0.25, 0.3) is 0 Å². The van der Waals surface area contributed by atoms with E-state index in [2.05, 4.69) is 19.2 Å². The summed E-state index contributed by atoms with van der Waals surface area (Å²) < 4.78 is 0. The lowest BCUT2D eigenvalue weighted by Crippen LogP contribution is -2.27. The molecule has 1 N–H and O–H groups in total. The summed E-state index contributed by atoms with van der Waals surface area (Å²) in [6, 6.07) is 0.422. The van der Waals surface area contributed by atoms with E-state index in [9.17, 15) is 4.79 Å². The van der Waals surface area contributed by atoms with Crippen LogP contribution in [0.4, 0.5) is 0 Å². The van der Waals surface area contributed by atoms with Crippen LogP contribution >= 0.6 is 0 Å². The van der Waals surface area contributed by atoms with Crippen LogP contribution < -0.4 is 5.32 Å². The van der Waals surface area contributed by atoms with Crippen molar-refractivity contribution in [1.29, 1.82) is 0 Å². The topological polar surface area (TPSA) is 29.1 Å². The number of unbranched alkanes of at least 4 members (excludes halogenated alkanes) is 5. The monoisotopic (exact) mass is 213 g/mol. The minimum atomic E-state index is 0.422. The average molecular weight is 213 g/mol. The molecule has 90 valence electrons. The van der Waals surface area contributed by atoms with E-state index in [1.807, 2.05) is 0 Å². The van der Waals surface area contributed by atoms with Gasteiger partial charge in [-0.1, -0.05) is 58.8 Å². The first-order valence-electron chi connectivity index (χ1n) is 6.54. The number of nitrogens with one attached hydrogen (secondary N) is 1. The minimum Gasteiger partial charge on any atom is -0.356 e. The Morgan fingerprint density at radius 3 is 2.00 bits per heavy atom. The molecule has 0 spiro atoms. The third-order valence-corrected chi connectivity index (χ3v) is 2.87. The van der Waals surface area contributed by atoms with Crippen molar-refractivity contribution in [1.82, 2.24) is 5.32 Å². The molecule has 0 radical (unpaired) electrons. The van der Waals surface area contributed by atoms with Gasteiger partial charge in [0.2, 0.25) is 6.41 Å². The van der Waals surface area contributed by atoms with Crippen molar-refractivity contribution in [3.8, 4) is 0 Å². The quantitative estimate of drug-likeness (QED) is 0.412. The summed E-state index contributed by atoms with van der Waals surface area (Å²) >= 11 is 0. The van der Waals surface area contributed by atoms with Crippen molar-refractivity contribution in [2.24, 2.45) is 0 Å². The Labute approximate surface area is 94.8 Å². The minimum absolute atomic E-state index is 0.422. The van der Waals surface area contributed by atoms with Crippen molar-refractivity contribution in [3.63, 3.8) is 0 Å². The first-order valence-corrected chi connectivity index (χ1v) is 6.54. The standard InChI is InChI=1S/C13H27NO/c1-3-5-7-9-11-13(14-12-15)10-8-6-4-2/h12-13H,3-11H2,1-2H3,(H,14,15). The zero-order valence-corrected chi connectivity index (χ0v) is 10.4. The van der Waals surface area contributed by atoms with Crippen LogP contribution in [0.25, 0.3) is 0 Å². The molecule has 2 nitrogen and oxygen atoms in total. The summed E-state index contributed by atoms with van der Waals surface area (Å²) in [7, 11) is 0. The summed E-state index contributed by atoms with van der Waals surface area (Å²) in [6.45, 7) is 4.44. The van der Waals surface area contributed by atoms with Gasteiger partial charge in [0, 0.05) is 6.04 Å². The fraction of sp³-hybridized carbons (Fsp3) is 0.923. The van der Waals surface area contributed by atoms with Gasteiger partial charge in [-0.05, 0) is 12.8 Å². The molecule has 1 amide bonds. The summed E-state index contributed by atoms with van der Waals surface area (Å²) in [4.78, 5) is 10.4. The van der Waals surface area contributed by atoms with E-state index >= 15 is 0 Å². The largest absolute Gasteiger partial charge is 0.356 e. The van der Waals surface area contributed by atoms with Crippen LogP contribution in [0.1, 0.15) is 71.6 Å². The van der Waals surface area contributed by atoms with Crippen molar-refractivity contribution in [3.05, 3.63) is 0 Å². The number of rotatable bonds is 11. The van der Waals surface area contributed by atoms with Gasteiger partial charge in [-0.15, -0.1) is 0 Å². The highest BCUT2D eigenvalue weighted by Gasteiger charge is 2.05. The zero-order valence-electron chi connectivity index (χ0n) is 10.4. The van der Waals surface area contributed by atoms with Gasteiger partial charge in [0.15, 0.2) is 0 Å². The van der Waals surface area contributed by atoms with E-state index in [0.29, 0.717) is 6.04 Å². The predicted molar refractivity (Wildman–Crippen MR) is 65.9 cm³/mol. The lowest BCUT2D eigenvalue weighted by atomic mass is 10.0. The first-order chi connectivity index (χ1) is 7.35. The predicted octanol–water partition coefficient (Wildman–Crippen LogP) is 3.65. The molecule has 0 aliphatic heterocycles. The molecule has 2 heteroatoms. The number of carbonyl (C=O) groups excluding carboxylic acids is 1. The Balaban J connectivity index is 3.48. The van der Waals surface area contributed by atoms with E-state index in [4.69, 9.17) is 0 Å². The molecule has 0 saturated carbocycles. The summed E-state index contributed by atoms with van der Waals surface area (Å²) in [5.74, 6) is 0. The number of carbonyl (C=O) groups is 1. The molecule has 15 heavy (non-hydrogen) atoms. The highest BCUT2D eigenvalue weighted by atomic mass is 16.1. The van der Waals surface area contributed by atoms with Crippen LogP contribution in [0.15, 0.2) is 0 Å². The van der Waals surface area contributed by atoms with Crippen LogP contribution in [-0.4, -0.2) is 12.5 Å². The van der Waals surface area contributed by atoms with Gasteiger partial charge in [-0.25, -0.2) is 0 Å². The Morgan fingerprint density at radius 2 is 1.47 bits per heavy atom. The molecule has 0 heterocycles. The molecule has 0 fully saturated rings. The summed E-state index contributed by atoms with van der Waals surface area (Å²) in [5, 5.41) is 2.94.